The SMILES string of the molecule is CCc1ncnc(NC2CCN(c3cccc(CCc4ncnc(NC5CCN(c6ccc(F)cc6)CC5)c4Cl)c3)CC2)c1Cl. The second kappa shape index (κ2) is 14.6. The lowest BCUT2D eigenvalue weighted by atomic mass is 10.0. The molecular weight excluding hydrogens is 610 g/mol. The molecule has 0 bridgehead atoms. The number of anilines is 4. The molecule has 2 aliphatic heterocycles. The van der Waals surface area contributed by atoms with Gasteiger partial charge in [-0.3, -0.25) is 0 Å². The number of hydrogen-bond acceptors (Lipinski definition) is 8. The van der Waals surface area contributed by atoms with Crippen LogP contribution in [0.25, 0.3) is 0 Å². The maximum absolute atomic E-state index is 13.3. The Kier molecular flexibility index (Phi) is 10.2. The van der Waals surface area contributed by atoms with Crippen molar-refractivity contribution in [1.29, 1.82) is 0 Å². The fourth-order valence-electron chi connectivity index (χ4n) is 6.21. The van der Waals surface area contributed by atoms with E-state index in [1.165, 1.54) is 23.4 Å². The van der Waals surface area contributed by atoms with Gasteiger partial charge in [0.2, 0.25) is 0 Å². The summed E-state index contributed by atoms with van der Waals surface area (Å²) in [5.74, 6) is 1.22. The average molecular weight is 650 g/mol. The number of aromatic nitrogens is 4. The molecule has 45 heavy (non-hydrogen) atoms. The highest BCUT2D eigenvalue weighted by atomic mass is 35.5. The zero-order valence-electron chi connectivity index (χ0n) is 25.5. The van der Waals surface area contributed by atoms with Gasteiger partial charge in [-0.1, -0.05) is 42.3 Å². The van der Waals surface area contributed by atoms with Crippen molar-refractivity contribution >= 4 is 46.2 Å². The highest BCUT2D eigenvalue weighted by Crippen LogP contribution is 2.29. The first kappa shape index (κ1) is 31.3. The molecule has 0 radical (unpaired) electrons. The van der Waals surface area contributed by atoms with Crippen molar-refractivity contribution in [3.63, 3.8) is 0 Å². The normalized spacial score (nSPS) is 16.2. The predicted molar refractivity (Wildman–Crippen MR) is 181 cm³/mol. The lowest BCUT2D eigenvalue weighted by Gasteiger charge is -2.34. The van der Waals surface area contributed by atoms with Gasteiger partial charge in [0.05, 0.1) is 11.4 Å². The Morgan fingerprint density at radius 3 is 1.87 bits per heavy atom. The van der Waals surface area contributed by atoms with E-state index in [2.05, 4.69) is 64.6 Å². The number of halogens is 3. The number of benzene rings is 2. The van der Waals surface area contributed by atoms with Crippen molar-refractivity contribution < 1.29 is 4.39 Å². The summed E-state index contributed by atoms with van der Waals surface area (Å²) in [6, 6.07) is 16.1. The summed E-state index contributed by atoms with van der Waals surface area (Å²) >= 11 is 13.3. The molecule has 0 aliphatic carbocycles. The minimum absolute atomic E-state index is 0.210. The fourth-order valence-corrected chi connectivity index (χ4v) is 6.74. The molecule has 4 heterocycles. The summed E-state index contributed by atoms with van der Waals surface area (Å²) in [5.41, 5.74) is 5.27. The molecule has 8 nitrogen and oxygen atoms in total. The zero-order chi connectivity index (χ0) is 31.2. The number of aryl methyl sites for hydroxylation is 3. The molecule has 2 aliphatic rings. The van der Waals surface area contributed by atoms with Crippen LogP contribution in [-0.2, 0) is 19.3 Å². The van der Waals surface area contributed by atoms with E-state index in [-0.39, 0.29) is 11.9 Å². The first-order chi connectivity index (χ1) is 22.0. The number of nitrogens with zero attached hydrogens (tertiary/aromatic N) is 6. The van der Waals surface area contributed by atoms with Crippen LogP contribution < -0.4 is 20.4 Å². The van der Waals surface area contributed by atoms with Gasteiger partial charge < -0.3 is 20.4 Å². The average Bonchev–Trinajstić information content (AvgIpc) is 3.07. The lowest BCUT2D eigenvalue weighted by molar-refractivity contribution is 0.525. The molecule has 0 saturated carbocycles. The van der Waals surface area contributed by atoms with Gasteiger partial charge in [0.15, 0.2) is 0 Å². The van der Waals surface area contributed by atoms with Crippen LogP contribution in [0.5, 0.6) is 0 Å². The minimum Gasteiger partial charge on any atom is -0.371 e. The molecular formula is C34H39Cl2FN8. The summed E-state index contributed by atoms with van der Waals surface area (Å²) in [6.07, 6.45) is 9.44. The van der Waals surface area contributed by atoms with Crippen molar-refractivity contribution in [2.75, 3.05) is 46.6 Å². The topological polar surface area (TPSA) is 82.1 Å². The molecule has 2 aromatic carbocycles. The highest BCUT2D eigenvalue weighted by Gasteiger charge is 2.23. The van der Waals surface area contributed by atoms with Crippen LogP contribution in [0, 0.1) is 5.82 Å². The van der Waals surface area contributed by atoms with Crippen molar-refractivity contribution in [2.45, 2.75) is 64.0 Å². The summed E-state index contributed by atoms with van der Waals surface area (Å²) in [4.78, 5) is 22.4. The molecule has 0 spiro atoms. The van der Waals surface area contributed by atoms with Crippen LogP contribution in [0.3, 0.4) is 0 Å². The number of rotatable bonds is 10. The molecule has 6 rings (SSSR count). The van der Waals surface area contributed by atoms with E-state index >= 15 is 0 Å². The predicted octanol–water partition coefficient (Wildman–Crippen LogP) is 7.22. The van der Waals surface area contributed by atoms with E-state index in [4.69, 9.17) is 23.2 Å². The van der Waals surface area contributed by atoms with Gasteiger partial charge in [-0.2, -0.15) is 0 Å². The zero-order valence-corrected chi connectivity index (χ0v) is 27.0. The molecule has 2 fully saturated rings. The Morgan fingerprint density at radius 1 is 0.711 bits per heavy atom. The Labute approximate surface area is 274 Å². The quantitative estimate of drug-likeness (QED) is 0.186. The Hall–Kier alpha value is -3.69. The molecule has 4 aromatic rings. The van der Waals surface area contributed by atoms with Crippen molar-refractivity contribution in [1.82, 2.24) is 19.9 Å². The second-order valence-electron chi connectivity index (χ2n) is 11.8. The fraction of sp³-hybridized carbons (Fsp3) is 0.412. The molecule has 2 N–H and O–H groups in total. The van der Waals surface area contributed by atoms with Crippen molar-refractivity contribution in [3.8, 4) is 0 Å². The molecule has 2 aromatic heterocycles. The van der Waals surface area contributed by atoms with Crippen LogP contribution in [0.1, 0.15) is 49.6 Å². The first-order valence-electron chi connectivity index (χ1n) is 15.8. The third kappa shape index (κ3) is 7.76. The van der Waals surface area contributed by atoms with E-state index in [1.807, 2.05) is 19.1 Å². The summed E-state index contributed by atoms with van der Waals surface area (Å²) in [5, 5.41) is 8.32. The number of nitrogens with one attached hydrogen (secondary N) is 2. The van der Waals surface area contributed by atoms with E-state index < -0.39 is 0 Å². The van der Waals surface area contributed by atoms with Crippen LogP contribution >= 0.6 is 23.2 Å². The van der Waals surface area contributed by atoms with E-state index in [9.17, 15) is 4.39 Å². The third-order valence-electron chi connectivity index (χ3n) is 8.85. The molecule has 0 amide bonds. The van der Waals surface area contributed by atoms with Gasteiger partial charge in [-0.15, -0.1) is 0 Å². The van der Waals surface area contributed by atoms with Crippen molar-refractivity contribution in [2.24, 2.45) is 0 Å². The van der Waals surface area contributed by atoms with Crippen LogP contribution in [0.15, 0.2) is 61.2 Å². The van der Waals surface area contributed by atoms with E-state index in [0.29, 0.717) is 21.9 Å². The van der Waals surface area contributed by atoms with Crippen LogP contribution in [0.4, 0.5) is 27.4 Å². The summed E-state index contributed by atoms with van der Waals surface area (Å²) in [7, 11) is 0. The van der Waals surface area contributed by atoms with Gasteiger partial charge >= 0.3 is 0 Å². The van der Waals surface area contributed by atoms with Gasteiger partial charge in [-0.05, 0) is 86.9 Å². The number of piperidine rings is 2. The monoisotopic (exact) mass is 648 g/mol. The Balaban J connectivity index is 1.000. The van der Waals surface area contributed by atoms with E-state index in [1.54, 1.807) is 12.7 Å². The van der Waals surface area contributed by atoms with Gasteiger partial charge in [0, 0.05) is 49.6 Å². The highest BCUT2D eigenvalue weighted by molar-refractivity contribution is 6.33. The standard InChI is InChI=1S/C34H39Cl2FN8/c1-2-29-31(35)33(40-21-38-29)42-26-14-18-45(19-15-26)28-5-3-4-23(20-28)6-11-30-32(36)34(41-22-39-30)43-25-12-16-44(17-13-25)27-9-7-24(37)8-10-27/h3-5,7-10,20-22,25-26H,2,6,11-19H2,1H3,(H,38,40,42)(H,39,41,43). The smallest absolute Gasteiger partial charge is 0.148 e. The lowest BCUT2D eigenvalue weighted by Crippen LogP contribution is -2.39. The molecule has 236 valence electrons. The summed E-state index contributed by atoms with van der Waals surface area (Å²) in [6.45, 7) is 5.74. The molecule has 2 saturated heterocycles. The Bertz CT molecular complexity index is 1570. The van der Waals surface area contributed by atoms with E-state index in [0.717, 1.165) is 94.0 Å². The Morgan fingerprint density at radius 2 is 1.27 bits per heavy atom. The molecule has 0 atom stereocenters. The maximum Gasteiger partial charge on any atom is 0.148 e. The van der Waals surface area contributed by atoms with Crippen molar-refractivity contribution in [3.05, 3.63) is 94.0 Å². The third-order valence-corrected chi connectivity index (χ3v) is 9.64. The second-order valence-corrected chi connectivity index (χ2v) is 12.5. The largest absolute Gasteiger partial charge is 0.371 e. The maximum atomic E-state index is 13.3. The molecule has 11 heteroatoms. The van der Waals surface area contributed by atoms with Gasteiger partial charge in [0.25, 0.3) is 0 Å². The molecule has 0 unspecified atom stereocenters. The first-order valence-corrected chi connectivity index (χ1v) is 16.6. The number of hydrogen-bond donors (Lipinski definition) is 2. The summed E-state index contributed by atoms with van der Waals surface area (Å²) < 4.78 is 13.3. The van der Waals surface area contributed by atoms with Crippen LogP contribution in [0.2, 0.25) is 10.0 Å². The van der Waals surface area contributed by atoms with Gasteiger partial charge in [-0.25, -0.2) is 24.3 Å². The van der Waals surface area contributed by atoms with Crippen LogP contribution in [-0.4, -0.2) is 58.2 Å². The minimum atomic E-state index is -0.210. The van der Waals surface area contributed by atoms with Gasteiger partial charge in [0.1, 0.15) is 40.2 Å².